The number of carbonyl (C=O) groups is 2. The van der Waals surface area contributed by atoms with Crippen molar-refractivity contribution in [2.24, 2.45) is 7.05 Å². The Hall–Kier alpha value is -1.85. The molecule has 1 fully saturated rings. The molecule has 0 radical (unpaired) electrons. The molecule has 0 spiro atoms. The van der Waals surface area contributed by atoms with Gasteiger partial charge in [-0.15, -0.1) is 0 Å². The number of hydrogen-bond acceptors (Lipinski definition) is 3. The van der Waals surface area contributed by atoms with Crippen LogP contribution in [0.5, 0.6) is 0 Å². The van der Waals surface area contributed by atoms with Gasteiger partial charge in [-0.25, -0.2) is 0 Å². The maximum atomic E-state index is 11.8. The van der Waals surface area contributed by atoms with E-state index in [1.165, 1.54) is 0 Å². The zero-order valence-corrected chi connectivity index (χ0v) is 10.9. The zero-order valence-electron chi connectivity index (χ0n) is 10.9. The number of amides is 2. The minimum atomic E-state index is -0.380. The van der Waals surface area contributed by atoms with E-state index < -0.39 is 0 Å². The number of aromatic nitrogens is 2. The third kappa shape index (κ3) is 2.37. The van der Waals surface area contributed by atoms with E-state index in [1.54, 1.807) is 4.68 Å². The van der Waals surface area contributed by atoms with Gasteiger partial charge in [0.15, 0.2) is 0 Å². The predicted molar refractivity (Wildman–Crippen MR) is 65.7 cm³/mol. The van der Waals surface area contributed by atoms with Gasteiger partial charge in [-0.2, -0.15) is 5.10 Å². The van der Waals surface area contributed by atoms with Crippen molar-refractivity contribution in [3.8, 4) is 0 Å². The van der Waals surface area contributed by atoms with Crippen molar-refractivity contribution in [1.82, 2.24) is 20.4 Å². The van der Waals surface area contributed by atoms with Crippen LogP contribution >= 0.6 is 0 Å². The van der Waals surface area contributed by atoms with Gasteiger partial charge in [-0.3, -0.25) is 14.3 Å². The molecule has 0 aromatic carbocycles. The van der Waals surface area contributed by atoms with Crippen LogP contribution < -0.4 is 10.6 Å². The quantitative estimate of drug-likeness (QED) is 0.788. The van der Waals surface area contributed by atoms with Crippen LogP contribution in [0.3, 0.4) is 0 Å². The standard InChI is InChI=1S/C12H18N4O2/c1-7-9(8(2)16(3)15-7)6-13-12(18)10-4-5-11(17)14-10/h10H,4-6H2,1-3H3,(H,13,18)(H,14,17). The van der Waals surface area contributed by atoms with Gasteiger partial charge < -0.3 is 10.6 Å². The first-order chi connectivity index (χ1) is 8.49. The van der Waals surface area contributed by atoms with E-state index in [9.17, 15) is 9.59 Å². The highest BCUT2D eigenvalue weighted by molar-refractivity contribution is 5.90. The van der Waals surface area contributed by atoms with Gasteiger partial charge in [-0.1, -0.05) is 0 Å². The summed E-state index contributed by atoms with van der Waals surface area (Å²) in [6.45, 7) is 4.35. The molecule has 2 rings (SSSR count). The Kier molecular flexibility index (Phi) is 3.36. The molecular formula is C12H18N4O2. The van der Waals surface area contributed by atoms with Crippen LogP contribution in [0.2, 0.25) is 0 Å². The molecule has 98 valence electrons. The van der Waals surface area contributed by atoms with Gasteiger partial charge in [0.05, 0.1) is 5.69 Å². The highest BCUT2D eigenvalue weighted by Crippen LogP contribution is 2.12. The lowest BCUT2D eigenvalue weighted by atomic mass is 10.1. The fourth-order valence-electron chi connectivity index (χ4n) is 2.18. The van der Waals surface area contributed by atoms with Crippen LogP contribution in [0.15, 0.2) is 0 Å². The molecule has 0 bridgehead atoms. The Morgan fingerprint density at radius 3 is 2.78 bits per heavy atom. The molecule has 0 aliphatic carbocycles. The molecule has 1 saturated heterocycles. The number of nitrogens with zero attached hydrogens (tertiary/aromatic N) is 2. The summed E-state index contributed by atoms with van der Waals surface area (Å²) in [6.07, 6.45) is 1.01. The molecule has 1 atom stereocenters. The van der Waals surface area contributed by atoms with E-state index in [4.69, 9.17) is 0 Å². The molecule has 18 heavy (non-hydrogen) atoms. The normalized spacial score (nSPS) is 18.8. The maximum absolute atomic E-state index is 11.8. The van der Waals surface area contributed by atoms with Crippen LogP contribution in [-0.2, 0) is 23.2 Å². The second-order valence-corrected chi connectivity index (χ2v) is 4.65. The molecular weight excluding hydrogens is 232 g/mol. The SMILES string of the molecule is Cc1nn(C)c(C)c1CNC(=O)C1CCC(=O)N1. The smallest absolute Gasteiger partial charge is 0.242 e. The summed E-state index contributed by atoms with van der Waals surface area (Å²) in [5, 5.41) is 9.80. The van der Waals surface area contributed by atoms with Crippen LogP contribution in [0.25, 0.3) is 0 Å². The van der Waals surface area contributed by atoms with E-state index in [1.807, 2.05) is 20.9 Å². The predicted octanol–water partition coefficient (Wildman–Crippen LogP) is -0.0683. The minimum absolute atomic E-state index is 0.0520. The second kappa shape index (κ2) is 4.80. The molecule has 0 saturated carbocycles. The van der Waals surface area contributed by atoms with Crippen LogP contribution in [0.4, 0.5) is 0 Å². The molecule has 2 amide bonds. The van der Waals surface area contributed by atoms with E-state index >= 15 is 0 Å². The minimum Gasteiger partial charge on any atom is -0.350 e. The third-order valence-electron chi connectivity index (χ3n) is 3.41. The average Bonchev–Trinajstić information content (AvgIpc) is 2.83. The lowest BCUT2D eigenvalue weighted by molar-refractivity contribution is -0.125. The molecule has 1 aliphatic heterocycles. The Balaban J connectivity index is 1.95. The first kappa shape index (κ1) is 12.6. The van der Waals surface area contributed by atoms with Gasteiger partial charge in [-0.05, 0) is 20.3 Å². The molecule has 1 aromatic heterocycles. The van der Waals surface area contributed by atoms with E-state index in [0.29, 0.717) is 19.4 Å². The second-order valence-electron chi connectivity index (χ2n) is 4.65. The topological polar surface area (TPSA) is 76.0 Å². The summed E-state index contributed by atoms with van der Waals surface area (Å²) >= 11 is 0. The van der Waals surface area contributed by atoms with Gasteiger partial charge >= 0.3 is 0 Å². The van der Waals surface area contributed by atoms with Crippen molar-refractivity contribution in [1.29, 1.82) is 0 Å². The van der Waals surface area contributed by atoms with Crippen LogP contribution in [0.1, 0.15) is 29.8 Å². The fraction of sp³-hybridized carbons (Fsp3) is 0.583. The Morgan fingerprint density at radius 2 is 2.28 bits per heavy atom. The lowest BCUT2D eigenvalue weighted by Crippen LogP contribution is -2.41. The Morgan fingerprint density at radius 1 is 1.56 bits per heavy atom. The number of rotatable bonds is 3. The van der Waals surface area contributed by atoms with E-state index in [2.05, 4.69) is 15.7 Å². The maximum Gasteiger partial charge on any atom is 0.242 e. The van der Waals surface area contributed by atoms with Gasteiger partial charge in [0, 0.05) is 31.3 Å². The average molecular weight is 250 g/mol. The summed E-state index contributed by atoms with van der Waals surface area (Å²) in [7, 11) is 1.88. The highest BCUT2D eigenvalue weighted by Gasteiger charge is 2.27. The van der Waals surface area contributed by atoms with Gasteiger partial charge in [0.25, 0.3) is 0 Å². The first-order valence-electron chi connectivity index (χ1n) is 6.05. The Labute approximate surface area is 106 Å². The molecule has 6 heteroatoms. The fourth-order valence-corrected chi connectivity index (χ4v) is 2.18. The summed E-state index contributed by atoms with van der Waals surface area (Å²) in [5.74, 6) is -0.174. The summed E-state index contributed by atoms with van der Waals surface area (Å²) < 4.78 is 1.80. The van der Waals surface area contributed by atoms with Crippen molar-refractivity contribution >= 4 is 11.8 Å². The molecule has 6 nitrogen and oxygen atoms in total. The third-order valence-corrected chi connectivity index (χ3v) is 3.41. The zero-order chi connectivity index (χ0) is 13.3. The van der Waals surface area contributed by atoms with Crippen molar-refractivity contribution < 1.29 is 9.59 Å². The van der Waals surface area contributed by atoms with Crippen molar-refractivity contribution in [3.63, 3.8) is 0 Å². The summed E-state index contributed by atoms with van der Waals surface area (Å²) in [6, 6.07) is -0.380. The van der Waals surface area contributed by atoms with Crippen molar-refractivity contribution in [3.05, 3.63) is 17.0 Å². The molecule has 2 heterocycles. The highest BCUT2D eigenvalue weighted by atomic mass is 16.2. The van der Waals surface area contributed by atoms with Crippen LogP contribution in [0, 0.1) is 13.8 Å². The number of nitrogens with one attached hydrogen (secondary N) is 2. The van der Waals surface area contributed by atoms with Gasteiger partial charge in [0.2, 0.25) is 11.8 Å². The molecule has 1 aliphatic rings. The summed E-state index contributed by atoms with van der Waals surface area (Å²) in [4.78, 5) is 22.9. The lowest BCUT2D eigenvalue weighted by Gasteiger charge is -2.11. The molecule has 1 unspecified atom stereocenters. The number of hydrogen-bond donors (Lipinski definition) is 2. The summed E-state index contributed by atoms with van der Waals surface area (Å²) in [5.41, 5.74) is 3.00. The van der Waals surface area contributed by atoms with Crippen LogP contribution in [-0.4, -0.2) is 27.6 Å². The van der Waals surface area contributed by atoms with Crippen molar-refractivity contribution in [2.45, 2.75) is 39.3 Å². The molecule has 2 N–H and O–H groups in total. The van der Waals surface area contributed by atoms with E-state index in [-0.39, 0.29) is 17.9 Å². The monoisotopic (exact) mass is 250 g/mol. The molecule has 1 aromatic rings. The number of carbonyl (C=O) groups excluding carboxylic acids is 2. The number of aryl methyl sites for hydroxylation is 2. The van der Waals surface area contributed by atoms with Gasteiger partial charge in [0.1, 0.15) is 6.04 Å². The first-order valence-corrected chi connectivity index (χ1v) is 6.05. The Bertz CT molecular complexity index is 493. The van der Waals surface area contributed by atoms with Crippen molar-refractivity contribution in [2.75, 3.05) is 0 Å². The largest absolute Gasteiger partial charge is 0.350 e. The van der Waals surface area contributed by atoms with E-state index in [0.717, 1.165) is 17.0 Å².